The van der Waals surface area contributed by atoms with Gasteiger partial charge in [0.2, 0.25) is 0 Å². The van der Waals surface area contributed by atoms with Gasteiger partial charge in [-0.3, -0.25) is 4.57 Å². The van der Waals surface area contributed by atoms with Gasteiger partial charge in [0.15, 0.2) is 5.65 Å². The highest BCUT2D eigenvalue weighted by atomic mass is 28.3. The maximum atomic E-state index is 6.04. The Bertz CT molecular complexity index is 1690. The van der Waals surface area contributed by atoms with Crippen LogP contribution in [0, 0.1) is 6.92 Å². The molecule has 4 heterocycles. The molecule has 0 aliphatic carbocycles. The van der Waals surface area contributed by atoms with Gasteiger partial charge in [0.1, 0.15) is 30.1 Å². The SMILES string of the molecule is COc1ccc2c(c1)CN(c1c(-c3cnc4c(c3)nc(C)n4COCC[Si](C)(C)C)ccc3ncncc13)CC2. The van der Waals surface area contributed by atoms with E-state index in [1.165, 1.54) is 11.1 Å². The van der Waals surface area contributed by atoms with Gasteiger partial charge in [-0.25, -0.2) is 19.9 Å². The zero-order valence-electron chi connectivity index (χ0n) is 23.9. The summed E-state index contributed by atoms with van der Waals surface area (Å²) < 4.78 is 13.6. The van der Waals surface area contributed by atoms with E-state index in [0.717, 1.165) is 82.6 Å². The number of pyridine rings is 1. The summed E-state index contributed by atoms with van der Waals surface area (Å²) in [6, 6.07) is 13.9. The maximum Gasteiger partial charge on any atom is 0.161 e. The smallest absolute Gasteiger partial charge is 0.161 e. The second kappa shape index (κ2) is 10.6. The van der Waals surface area contributed by atoms with Crippen molar-refractivity contribution in [3.8, 4) is 16.9 Å². The van der Waals surface area contributed by atoms with E-state index < -0.39 is 8.07 Å². The second-order valence-corrected chi connectivity index (χ2v) is 17.3. The van der Waals surface area contributed by atoms with Crippen LogP contribution >= 0.6 is 0 Å². The normalized spacial score (nSPS) is 13.7. The van der Waals surface area contributed by atoms with Crippen LogP contribution in [-0.2, 0) is 24.4 Å². The van der Waals surface area contributed by atoms with Crippen molar-refractivity contribution in [1.29, 1.82) is 0 Å². The number of fused-ring (bicyclic) bond motifs is 3. The molecular weight excluding hydrogens is 516 g/mol. The number of ether oxygens (including phenoxy) is 2. The molecule has 1 aliphatic heterocycles. The Morgan fingerprint density at radius 3 is 2.67 bits per heavy atom. The Hall–Kier alpha value is -3.82. The quantitative estimate of drug-likeness (QED) is 0.167. The topological polar surface area (TPSA) is 78.2 Å². The molecule has 0 bridgehead atoms. The molecule has 6 rings (SSSR count). The Kier molecular flexibility index (Phi) is 7.02. The molecule has 3 aromatic heterocycles. The zero-order chi connectivity index (χ0) is 27.9. The summed E-state index contributed by atoms with van der Waals surface area (Å²) in [6.07, 6.45) is 6.45. The number of aryl methyl sites for hydroxylation is 1. The molecule has 40 heavy (non-hydrogen) atoms. The first-order valence-corrected chi connectivity index (χ1v) is 17.6. The van der Waals surface area contributed by atoms with Gasteiger partial charge in [0.05, 0.1) is 18.3 Å². The Morgan fingerprint density at radius 2 is 1.85 bits per heavy atom. The minimum Gasteiger partial charge on any atom is -0.497 e. The maximum absolute atomic E-state index is 6.04. The number of imidazole rings is 1. The highest BCUT2D eigenvalue weighted by Crippen LogP contribution is 2.39. The molecule has 2 aromatic carbocycles. The molecule has 0 fully saturated rings. The molecule has 0 saturated heterocycles. The predicted octanol–water partition coefficient (Wildman–Crippen LogP) is 6.23. The molecule has 0 atom stereocenters. The van der Waals surface area contributed by atoms with Crippen LogP contribution in [0.15, 0.2) is 55.1 Å². The fourth-order valence-electron chi connectivity index (χ4n) is 5.43. The molecule has 8 nitrogen and oxygen atoms in total. The Balaban J connectivity index is 1.37. The fourth-order valence-corrected chi connectivity index (χ4v) is 6.18. The summed E-state index contributed by atoms with van der Waals surface area (Å²) >= 11 is 0. The minimum atomic E-state index is -1.14. The molecular formula is C31H36N6O2Si. The molecule has 9 heteroatoms. The number of anilines is 1. The zero-order valence-corrected chi connectivity index (χ0v) is 24.9. The van der Waals surface area contributed by atoms with Gasteiger partial charge in [-0.2, -0.15) is 0 Å². The lowest BCUT2D eigenvalue weighted by Crippen LogP contribution is -2.31. The summed E-state index contributed by atoms with van der Waals surface area (Å²) in [5, 5.41) is 1.03. The van der Waals surface area contributed by atoms with Crippen molar-refractivity contribution in [2.24, 2.45) is 0 Å². The van der Waals surface area contributed by atoms with Crippen LogP contribution in [0.2, 0.25) is 25.7 Å². The van der Waals surface area contributed by atoms with Crippen LogP contribution in [0.3, 0.4) is 0 Å². The van der Waals surface area contributed by atoms with Gasteiger partial charge in [0.25, 0.3) is 0 Å². The number of aromatic nitrogens is 5. The highest BCUT2D eigenvalue weighted by molar-refractivity contribution is 6.76. The van der Waals surface area contributed by atoms with Crippen molar-refractivity contribution in [2.45, 2.75) is 52.3 Å². The van der Waals surface area contributed by atoms with E-state index in [4.69, 9.17) is 19.4 Å². The number of benzene rings is 2. The molecule has 5 aromatic rings. The lowest BCUT2D eigenvalue weighted by Gasteiger charge is -2.33. The van der Waals surface area contributed by atoms with Crippen LogP contribution in [0.1, 0.15) is 17.0 Å². The summed E-state index contributed by atoms with van der Waals surface area (Å²) in [4.78, 5) is 21.1. The van der Waals surface area contributed by atoms with Crippen molar-refractivity contribution in [3.05, 3.63) is 72.1 Å². The first-order valence-electron chi connectivity index (χ1n) is 13.9. The molecule has 206 valence electrons. The Morgan fingerprint density at radius 1 is 0.975 bits per heavy atom. The van der Waals surface area contributed by atoms with Gasteiger partial charge >= 0.3 is 0 Å². The predicted molar refractivity (Wildman–Crippen MR) is 163 cm³/mol. The van der Waals surface area contributed by atoms with E-state index in [9.17, 15) is 0 Å². The number of rotatable bonds is 8. The third-order valence-electron chi connectivity index (χ3n) is 7.71. The van der Waals surface area contributed by atoms with E-state index in [1.807, 2.05) is 25.4 Å². The monoisotopic (exact) mass is 552 g/mol. The van der Waals surface area contributed by atoms with Crippen molar-refractivity contribution >= 4 is 35.8 Å². The van der Waals surface area contributed by atoms with Crippen LogP contribution in [-0.4, -0.2) is 52.8 Å². The van der Waals surface area contributed by atoms with Crippen LogP contribution in [0.4, 0.5) is 5.69 Å². The van der Waals surface area contributed by atoms with Crippen LogP contribution < -0.4 is 9.64 Å². The summed E-state index contributed by atoms with van der Waals surface area (Å²) in [6.45, 7) is 12.0. The second-order valence-electron chi connectivity index (χ2n) is 11.7. The number of methoxy groups -OCH3 is 1. The molecule has 0 saturated carbocycles. The fraction of sp³-hybridized carbons (Fsp3) is 0.355. The lowest BCUT2D eigenvalue weighted by atomic mass is 9.95. The molecule has 0 amide bonds. The Labute approximate surface area is 236 Å². The van der Waals surface area contributed by atoms with Crippen molar-refractivity contribution in [1.82, 2.24) is 24.5 Å². The van der Waals surface area contributed by atoms with Crippen molar-refractivity contribution in [3.63, 3.8) is 0 Å². The van der Waals surface area contributed by atoms with Gasteiger partial charge in [0, 0.05) is 56.7 Å². The van der Waals surface area contributed by atoms with E-state index >= 15 is 0 Å². The average molecular weight is 553 g/mol. The number of hydrogen-bond donors (Lipinski definition) is 0. The van der Waals surface area contributed by atoms with Crippen LogP contribution in [0.5, 0.6) is 5.75 Å². The number of hydrogen-bond acceptors (Lipinski definition) is 7. The molecule has 0 radical (unpaired) electrons. The van der Waals surface area contributed by atoms with Crippen LogP contribution in [0.25, 0.3) is 33.2 Å². The minimum absolute atomic E-state index is 0.467. The van der Waals surface area contributed by atoms with Crippen molar-refractivity contribution < 1.29 is 9.47 Å². The summed E-state index contributed by atoms with van der Waals surface area (Å²) in [5.41, 5.74) is 8.53. The van der Waals surface area contributed by atoms with Gasteiger partial charge < -0.3 is 14.4 Å². The van der Waals surface area contributed by atoms with E-state index in [-0.39, 0.29) is 0 Å². The lowest BCUT2D eigenvalue weighted by molar-refractivity contribution is 0.0881. The summed E-state index contributed by atoms with van der Waals surface area (Å²) in [7, 11) is 0.576. The van der Waals surface area contributed by atoms with Gasteiger partial charge in [-0.1, -0.05) is 31.8 Å². The molecule has 0 spiro atoms. The largest absolute Gasteiger partial charge is 0.497 e. The third-order valence-corrected chi connectivity index (χ3v) is 9.41. The van der Waals surface area contributed by atoms with Crippen molar-refractivity contribution in [2.75, 3.05) is 25.2 Å². The van der Waals surface area contributed by atoms with Gasteiger partial charge in [-0.15, -0.1) is 0 Å². The standard InChI is InChI=1S/C31H36N6O2Si/c1-21-35-29-15-23(16-33-31(29)37(21)20-39-12-13-40(3,4)5)26-8-9-28-27(17-32-19-34-28)30(26)36-11-10-22-6-7-25(38-2)14-24(22)18-36/h6-9,14-17,19H,10-13,18,20H2,1-5H3. The average Bonchev–Trinajstić information content (AvgIpc) is 3.27. The van der Waals surface area contributed by atoms with E-state index in [0.29, 0.717) is 6.73 Å². The first kappa shape index (κ1) is 26.4. The summed E-state index contributed by atoms with van der Waals surface area (Å²) in [5.74, 6) is 1.79. The molecule has 0 N–H and O–H groups in total. The molecule has 1 aliphatic rings. The van der Waals surface area contributed by atoms with Gasteiger partial charge in [-0.05, 0) is 54.8 Å². The third kappa shape index (κ3) is 5.19. The van der Waals surface area contributed by atoms with E-state index in [2.05, 4.69) is 69.4 Å². The van der Waals surface area contributed by atoms with E-state index in [1.54, 1.807) is 13.4 Å². The molecule has 0 unspecified atom stereocenters. The number of nitrogens with zero attached hydrogens (tertiary/aromatic N) is 6. The highest BCUT2D eigenvalue weighted by Gasteiger charge is 2.23. The first-order chi connectivity index (χ1) is 19.3.